The summed E-state index contributed by atoms with van der Waals surface area (Å²) >= 11 is 0. The molecule has 21 heteroatoms. The Morgan fingerprint density at radius 1 is 0.897 bits per heavy atom. The van der Waals surface area contributed by atoms with Crippen LogP contribution < -0.4 is 21.5 Å². The Kier molecular flexibility index (Phi) is 19.0. The van der Waals surface area contributed by atoms with E-state index in [1.54, 1.807) is 59.8 Å². The van der Waals surface area contributed by atoms with Crippen LogP contribution in [0.25, 0.3) is 0 Å². The number of aliphatic hydroxyl groups excluding tert-OH is 1. The predicted molar refractivity (Wildman–Crippen MR) is 246 cm³/mol. The van der Waals surface area contributed by atoms with Crippen LogP contribution in [0, 0.1) is 17.8 Å². The van der Waals surface area contributed by atoms with Gasteiger partial charge >= 0.3 is 5.97 Å². The molecule has 0 aromatic carbocycles. The van der Waals surface area contributed by atoms with Crippen LogP contribution in [0.4, 0.5) is 0 Å². The maximum atomic E-state index is 15.1. The second-order valence-corrected chi connectivity index (χ2v) is 18.9. The van der Waals surface area contributed by atoms with Gasteiger partial charge in [-0.3, -0.25) is 48.8 Å². The van der Waals surface area contributed by atoms with Gasteiger partial charge < -0.3 is 35.2 Å². The summed E-state index contributed by atoms with van der Waals surface area (Å²) in [5, 5.41) is 41.9. The van der Waals surface area contributed by atoms with E-state index in [1.165, 1.54) is 34.7 Å². The van der Waals surface area contributed by atoms with Crippen LogP contribution in [0.15, 0.2) is 35.1 Å². The number of hydrazine groups is 2. The number of nitrogens with one attached hydrogen (secondary N) is 4. The van der Waals surface area contributed by atoms with Crippen molar-refractivity contribution in [3.05, 3.63) is 35.1 Å². The van der Waals surface area contributed by atoms with Crippen molar-refractivity contribution in [1.82, 2.24) is 41.5 Å². The van der Waals surface area contributed by atoms with E-state index in [9.17, 15) is 49.0 Å². The summed E-state index contributed by atoms with van der Waals surface area (Å²) in [6.07, 6.45) is 2.13. The van der Waals surface area contributed by atoms with Gasteiger partial charge in [-0.1, -0.05) is 46.8 Å². The molecular formula is C47H74N8O13. The molecule has 7 N–H and O–H groups in total. The third-order valence-corrected chi connectivity index (χ3v) is 13.6. The monoisotopic (exact) mass is 959 g/mol. The molecule has 0 saturated carbocycles. The van der Waals surface area contributed by atoms with Crippen LogP contribution in [0.1, 0.15) is 115 Å². The van der Waals surface area contributed by atoms with Crippen LogP contribution in [-0.2, 0) is 47.8 Å². The summed E-state index contributed by atoms with van der Waals surface area (Å²) < 4.78 is 12.4. The van der Waals surface area contributed by atoms with Crippen molar-refractivity contribution in [1.29, 1.82) is 0 Å². The summed E-state index contributed by atoms with van der Waals surface area (Å²) in [6, 6.07) is -9.22. The number of nitrogens with zero attached hydrogens (tertiary/aromatic N) is 4. The Labute approximate surface area is 398 Å². The molecule has 3 fully saturated rings. The molecule has 380 valence electrons. The van der Waals surface area contributed by atoms with Crippen LogP contribution in [0.3, 0.4) is 0 Å². The molecule has 0 unspecified atom stereocenters. The third kappa shape index (κ3) is 12.0. The molecule has 0 aliphatic carbocycles. The number of hydroxylamine groups is 2. The van der Waals surface area contributed by atoms with Crippen molar-refractivity contribution >= 4 is 47.2 Å². The third-order valence-electron chi connectivity index (χ3n) is 13.6. The number of ketones is 1. The minimum atomic E-state index is -2.43. The molecule has 4 aliphatic heterocycles. The number of likely N-dealkylation sites (N-methyl/N-ethyl adjacent to an activating group) is 1. The highest BCUT2D eigenvalue weighted by molar-refractivity contribution is 5.99. The number of aliphatic hydroxyl groups is 2. The number of cyclic esters (lactones) is 1. The average molecular weight is 959 g/mol. The quantitative estimate of drug-likeness (QED) is 0.0695. The van der Waals surface area contributed by atoms with E-state index in [2.05, 4.69) is 21.5 Å². The fraction of sp³-hybridized carbons (Fsp3) is 0.702. The van der Waals surface area contributed by atoms with Crippen molar-refractivity contribution in [3.63, 3.8) is 0 Å². The number of Topliss-reactive ketones (excluding diaryl/α,β-unsaturated/α-hetero) is 1. The second kappa shape index (κ2) is 23.4. The van der Waals surface area contributed by atoms with Crippen molar-refractivity contribution in [3.8, 4) is 0 Å². The molecule has 0 aromatic rings. The van der Waals surface area contributed by atoms with Gasteiger partial charge in [0.15, 0.2) is 17.4 Å². The zero-order valence-electron chi connectivity index (χ0n) is 41.5. The molecule has 0 aromatic heterocycles. The van der Waals surface area contributed by atoms with Crippen LogP contribution >= 0.6 is 0 Å². The lowest BCUT2D eigenvalue weighted by Gasteiger charge is -2.42. The van der Waals surface area contributed by atoms with Crippen molar-refractivity contribution in [2.45, 2.75) is 175 Å². The summed E-state index contributed by atoms with van der Waals surface area (Å²) in [5.74, 6) is -8.57. The van der Waals surface area contributed by atoms with Crippen LogP contribution in [0.5, 0.6) is 0 Å². The van der Waals surface area contributed by atoms with E-state index in [1.807, 2.05) is 6.92 Å². The second-order valence-electron chi connectivity index (χ2n) is 18.9. The number of hydrogen-bond donors (Lipinski definition) is 7. The highest BCUT2D eigenvalue weighted by atomic mass is 16.6. The van der Waals surface area contributed by atoms with E-state index in [0.29, 0.717) is 30.4 Å². The highest BCUT2D eigenvalue weighted by Crippen LogP contribution is 2.35. The van der Waals surface area contributed by atoms with Gasteiger partial charge in [0, 0.05) is 32.0 Å². The molecule has 6 amide bonds. The summed E-state index contributed by atoms with van der Waals surface area (Å²) in [6.45, 7) is 17.9. The normalized spacial score (nSPS) is 30.9. The lowest BCUT2D eigenvalue weighted by molar-refractivity contribution is -0.191. The van der Waals surface area contributed by atoms with Gasteiger partial charge in [0.2, 0.25) is 11.8 Å². The van der Waals surface area contributed by atoms with E-state index < -0.39 is 113 Å². The first-order valence-corrected chi connectivity index (χ1v) is 23.7. The lowest BCUT2D eigenvalue weighted by atomic mass is 9.86. The molecular weight excluding hydrogens is 885 g/mol. The molecule has 68 heavy (non-hydrogen) atoms. The first kappa shape index (κ1) is 55.4. The number of amides is 6. The standard InChI is InChI=1S/C47H74N8O13/c1-13-25(5)37(57)27(7)23-28(8)39-26(6)19-20-34(67-39)47(65,14-2)46(64)51-36-38(24(3)4)68-45(63)35(31(11)56)50-40(58)32-17-15-21-48-53(32)42(60)29(9)52(12)41(59)30(10)55(66)43(61)33-18-16-22-49-54(33)44(36)62/h13,20,23-24,26-27,29-33,35-36,38-39,48-49,56,65-66H,14-19,21-22H2,1-12H3,(H,50,58)(H,51,64)/b25-13+,28-23+/t26-,27-,29+,30-,31-,32-,33+,35+,36-,38-,39-,47-/m0/s1. The van der Waals surface area contributed by atoms with E-state index in [4.69, 9.17) is 9.47 Å². The number of carbonyl (C=O) groups is 8. The maximum Gasteiger partial charge on any atom is 0.331 e. The van der Waals surface area contributed by atoms with Crippen molar-refractivity contribution in [2.24, 2.45) is 17.8 Å². The van der Waals surface area contributed by atoms with Gasteiger partial charge in [-0.05, 0) is 103 Å². The molecule has 4 aliphatic rings. The first-order valence-electron chi connectivity index (χ1n) is 23.7. The van der Waals surface area contributed by atoms with E-state index in [-0.39, 0.29) is 54.9 Å². The first-order chi connectivity index (χ1) is 31.8. The fourth-order valence-corrected chi connectivity index (χ4v) is 8.87. The minimum absolute atomic E-state index is 0.0319. The smallest absolute Gasteiger partial charge is 0.331 e. The molecule has 12 atom stereocenters. The molecule has 3 saturated heterocycles. The zero-order chi connectivity index (χ0) is 51.1. The van der Waals surface area contributed by atoms with Crippen molar-refractivity contribution < 1.29 is 63.3 Å². The fourth-order valence-electron chi connectivity index (χ4n) is 8.87. The number of esters is 1. The van der Waals surface area contributed by atoms with Crippen LogP contribution in [0.2, 0.25) is 0 Å². The van der Waals surface area contributed by atoms with Gasteiger partial charge in [-0.15, -0.1) is 0 Å². The maximum absolute atomic E-state index is 15.1. The van der Waals surface area contributed by atoms with Gasteiger partial charge in [-0.25, -0.2) is 20.7 Å². The van der Waals surface area contributed by atoms with Gasteiger partial charge in [0.05, 0.1) is 6.10 Å². The molecule has 0 bridgehead atoms. The van der Waals surface area contributed by atoms with E-state index >= 15 is 4.79 Å². The number of allylic oxidation sites excluding steroid dienone is 4. The Bertz CT molecular complexity index is 2020. The Morgan fingerprint density at radius 3 is 2.04 bits per heavy atom. The number of ether oxygens (including phenoxy) is 2. The van der Waals surface area contributed by atoms with Crippen LogP contribution in [-0.4, -0.2) is 163 Å². The molecule has 0 spiro atoms. The largest absolute Gasteiger partial charge is 0.487 e. The number of hydrogen-bond acceptors (Lipinski definition) is 15. The zero-order valence-corrected chi connectivity index (χ0v) is 41.5. The summed E-state index contributed by atoms with van der Waals surface area (Å²) in [7, 11) is 1.29. The molecule has 21 nitrogen and oxygen atoms in total. The lowest BCUT2D eigenvalue weighted by Crippen LogP contribution is -2.68. The average Bonchev–Trinajstić information content (AvgIpc) is 3.33. The number of carbonyl (C=O) groups excluding carboxylic acids is 8. The predicted octanol–water partition coefficient (Wildman–Crippen LogP) is 0.930. The molecule has 4 rings (SSSR count). The topological polar surface area (TPSA) is 277 Å². The Hall–Kier alpha value is -5.22. The van der Waals surface area contributed by atoms with Crippen molar-refractivity contribution in [2.75, 3.05) is 20.1 Å². The SMILES string of the molecule is C/C=C(\C)C(=O)[C@@H](C)/C=C(\C)[C@H]1OC([C@@](O)(CC)C(=O)N[C@@H]2C(=O)N3NCCC[C@@H]3C(=O)N(O)[C@@H](C)C(=O)N(C)[C@H](C)C(=O)N3NCCC[C@H]3C(=O)N[C@H]([C@H](C)O)C(=O)O[C@H]2C(C)C)=CC[C@@H]1C. The Morgan fingerprint density at radius 2 is 1.49 bits per heavy atom. The van der Waals surface area contributed by atoms with Gasteiger partial charge in [0.25, 0.3) is 23.6 Å². The highest BCUT2D eigenvalue weighted by Gasteiger charge is 2.50. The molecule has 4 heterocycles. The molecule has 0 radical (unpaired) electrons. The van der Waals surface area contributed by atoms with E-state index in [0.717, 1.165) is 14.9 Å². The summed E-state index contributed by atoms with van der Waals surface area (Å²) in [4.78, 5) is 114. The number of fused-ring (bicyclic) bond motifs is 2. The van der Waals surface area contributed by atoms with Gasteiger partial charge in [0.1, 0.15) is 48.2 Å². The summed E-state index contributed by atoms with van der Waals surface area (Å²) in [5.41, 5.74) is 4.59. The Balaban J connectivity index is 1.83. The number of rotatable bonds is 10. The van der Waals surface area contributed by atoms with Gasteiger partial charge in [-0.2, -0.15) is 0 Å². The minimum Gasteiger partial charge on any atom is -0.487 e.